The molecule has 0 aliphatic carbocycles. The smallest absolute Gasteiger partial charge is 0.000473 e. The van der Waals surface area contributed by atoms with E-state index < -0.39 is 0 Å². The average Bonchev–Trinajstić information content (AvgIpc) is 2.08. The number of hydrogen-bond donors (Lipinski definition) is 0. The van der Waals surface area contributed by atoms with Gasteiger partial charge in [0.25, 0.3) is 0 Å². The number of alkyl halides is 1. The third-order valence-corrected chi connectivity index (χ3v) is 3.32. The lowest BCUT2D eigenvalue weighted by Crippen LogP contribution is -2.03. The largest absolute Gasteiger partial charge is 0.0864 e. The van der Waals surface area contributed by atoms with Gasteiger partial charge in [-0.05, 0) is 22.7 Å². The zero-order valence-corrected chi connectivity index (χ0v) is 12.4. The van der Waals surface area contributed by atoms with Crippen LogP contribution in [0.25, 0.3) is 0 Å². The van der Waals surface area contributed by atoms with Crippen LogP contribution < -0.4 is 0 Å². The Kier molecular flexibility index (Phi) is 9.46. The van der Waals surface area contributed by atoms with Crippen LogP contribution in [0.3, 0.4) is 0 Å². The molecule has 0 saturated carbocycles. The fourth-order valence-electron chi connectivity index (χ4n) is 1.63. The Balaban J connectivity index is 2.99. The molecule has 0 spiro atoms. The molecule has 0 aliphatic heterocycles. The topological polar surface area (TPSA) is 0 Å². The van der Waals surface area contributed by atoms with Gasteiger partial charge in [-0.3, -0.25) is 0 Å². The summed E-state index contributed by atoms with van der Waals surface area (Å²) in [5.74, 6) is 0. The molecule has 0 aromatic rings. The van der Waals surface area contributed by atoms with Gasteiger partial charge in [0.1, 0.15) is 0 Å². The molecule has 0 heterocycles. The molecule has 0 fully saturated rings. The summed E-state index contributed by atoms with van der Waals surface area (Å²) in [7, 11) is 0. The summed E-state index contributed by atoms with van der Waals surface area (Å²) < 4.78 is 1.34. The maximum Gasteiger partial charge on any atom is -0.000473 e. The summed E-state index contributed by atoms with van der Waals surface area (Å²) in [6, 6.07) is 0. The third kappa shape index (κ3) is 12.7. The molecule has 0 bridgehead atoms. The lowest BCUT2D eigenvalue weighted by atomic mass is 9.89. The summed E-state index contributed by atoms with van der Waals surface area (Å²) in [6.45, 7) is 7.02. The van der Waals surface area contributed by atoms with Crippen LogP contribution >= 0.6 is 22.6 Å². The molecule has 14 heavy (non-hydrogen) atoms. The van der Waals surface area contributed by atoms with Crippen LogP contribution in [0.4, 0.5) is 0 Å². The van der Waals surface area contributed by atoms with Gasteiger partial charge in [-0.25, -0.2) is 0 Å². The van der Waals surface area contributed by atoms with Crippen molar-refractivity contribution in [3.05, 3.63) is 0 Å². The fourth-order valence-corrected chi connectivity index (χ4v) is 2.17. The van der Waals surface area contributed by atoms with E-state index in [-0.39, 0.29) is 0 Å². The van der Waals surface area contributed by atoms with Crippen molar-refractivity contribution >= 4 is 22.6 Å². The van der Waals surface area contributed by atoms with Gasteiger partial charge in [0.15, 0.2) is 0 Å². The molecular weight excluding hydrogens is 283 g/mol. The maximum absolute atomic E-state index is 2.47. The van der Waals surface area contributed by atoms with Crippen molar-refractivity contribution in [1.82, 2.24) is 0 Å². The second kappa shape index (κ2) is 8.99. The van der Waals surface area contributed by atoms with Crippen molar-refractivity contribution in [2.45, 2.75) is 72.1 Å². The van der Waals surface area contributed by atoms with Crippen LogP contribution in [0.5, 0.6) is 0 Å². The minimum atomic E-state index is 0.543. The molecule has 0 saturated heterocycles. The number of halogens is 1. The summed E-state index contributed by atoms with van der Waals surface area (Å²) in [5, 5.41) is 0. The Morgan fingerprint density at radius 3 is 1.57 bits per heavy atom. The molecule has 86 valence electrons. The molecule has 0 aliphatic rings. The molecule has 0 N–H and O–H groups in total. The first-order valence-electron chi connectivity index (χ1n) is 6.12. The standard InChI is InChI=1S/C13H27I/c1-13(2,3)11-9-7-5-4-6-8-10-12-14/h4-12H2,1-3H3. The highest BCUT2D eigenvalue weighted by molar-refractivity contribution is 14.1. The second-order valence-electron chi connectivity index (χ2n) is 5.47. The van der Waals surface area contributed by atoms with Crippen LogP contribution in [0.1, 0.15) is 72.1 Å². The van der Waals surface area contributed by atoms with Crippen molar-refractivity contribution in [1.29, 1.82) is 0 Å². The fraction of sp³-hybridized carbons (Fsp3) is 1.00. The molecule has 0 unspecified atom stereocenters. The monoisotopic (exact) mass is 310 g/mol. The normalized spacial score (nSPS) is 12.0. The average molecular weight is 310 g/mol. The highest BCUT2D eigenvalue weighted by Gasteiger charge is 2.08. The number of hydrogen-bond acceptors (Lipinski definition) is 0. The quantitative estimate of drug-likeness (QED) is 0.311. The molecule has 1 heteroatoms. The SMILES string of the molecule is CC(C)(C)CCCCCCCCCI. The lowest BCUT2D eigenvalue weighted by Gasteiger charge is -2.17. The number of unbranched alkanes of at least 4 members (excludes halogenated alkanes) is 6. The van der Waals surface area contributed by atoms with E-state index in [0.717, 1.165) is 0 Å². The predicted molar refractivity (Wildman–Crippen MR) is 75.3 cm³/mol. The highest BCUT2D eigenvalue weighted by Crippen LogP contribution is 2.22. The van der Waals surface area contributed by atoms with Gasteiger partial charge in [-0.2, -0.15) is 0 Å². The van der Waals surface area contributed by atoms with E-state index in [1.807, 2.05) is 0 Å². The lowest BCUT2D eigenvalue weighted by molar-refractivity contribution is 0.356. The van der Waals surface area contributed by atoms with Gasteiger partial charge in [-0.15, -0.1) is 0 Å². The van der Waals surface area contributed by atoms with E-state index in [1.165, 1.54) is 55.8 Å². The van der Waals surface area contributed by atoms with Crippen molar-refractivity contribution in [2.75, 3.05) is 4.43 Å². The van der Waals surface area contributed by atoms with Gasteiger partial charge < -0.3 is 0 Å². The Bertz CT molecular complexity index is 113. The van der Waals surface area contributed by atoms with Gasteiger partial charge in [0.05, 0.1) is 0 Å². The van der Waals surface area contributed by atoms with Crippen LogP contribution in [-0.4, -0.2) is 4.43 Å². The van der Waals surface area contributed by atoms with Gasteiger partial charge in [0.2, 0.25) is 0 Å². The summed E-state index contributed by atoms with van der Waals surface area (Å²) in [4.78, 5) is 0. The first-order chi connectivity index (χ1) is 6.56. The van der Waals surface area contributed by atoms with E-state index in [9.17, 15) is 0 Å². The summed E-state index contributed by atoms with van der Waals surface area (Å²) in [6.07, 6.45) is 11.5. The molecule has 0 rings (SSSR count). The van der Waals surface area contributed by atoms with Crippen molar-refractivity contribution < 1.29 is 0 Å². The van der Waals surface area contributed by atoms with Crippen molar-refractivity contribution in [3.8, 4) is 0 Å². The molecule has 0 nitrogen and oxygen atoms in total. The molecule has 0 radical (unpaired) electrons. The molecule has 0 atom stereocenters. The number of rotatable bonds is 8. The second-order valence-corrected chi connectivity index (χ2v) is 6.55. The van der Waals surface area contributed by atoms with Crippen LogP contribution in [0.2, 0.25) is 0 Å². The maximum atomic E-state index is 2.47. The van der Waals surface area contributed by atoms with E-state index in [4.69, 9.17) is 0 Å². The Morgan fingerprint density at radius 1 is 0.714 bits per heavy atom. The van der Waals surface area contributed by atoms with E-state index >= 15 is 0 Å². The van der Waals surface area contributed by atoms with Crippen LogP contribution in [0, 0.1) is 5.41 Å². The van der Waals surface area contributed by atoms with Crippen molar-refractivity contribution in [3.63, 3.8) is 0 Å². The molecular formula is C13H27I. The van der Waals surface area contributed by atoms with Crippen molar-refractivity contribution in [2.24, 2.45) is 5.41 Å². The van der Waals surface area contributed by atoms with Crippen LogP contribution in [-0.2, 0) is 0 Å². The zero-order chi connectivity index (χ0) is 10.9. The van der Waals surface area contributed by atoms with Gasteiger partial charge in [-0.1, -0.05) is 81.9 Å². The molecule has 0 amide bonds. The first-order valence-corrected chi connectivity index (χ1v) is 7.65. The Hall–Kier alpha value is 0.730. The zero-order valence-electron chi connectivity index (χ0n) is 10.2. The Morgan fingerprint density at radius 2 is 1.14 bits per heavy atom. The Labute approximate surface area is 104 Å². The predicted octanol–water partition coefficient (Wildman–Crippen LogP) is 5.59. The van der Waals surface area contributed by atoms with Gasteiger partial charge in [0, 0.05) is 0 Å². The first kappa shape index (κ1) is 14.7. The third-order valence-electron chi connectivity index (χ3n) is 2.56. The van der Waals surface area contributed by atoms with E-state index in [2.05, 4.69) is 43.4 Å². The van der Waals surface area contributed by atoms with Crippen LogP contribution in [0.15, 0.2) is 0 Å². The van der Waals surface area contributed by atoms with E-state index in [1.54, 1.807) is 0 Å². The minimum absolute atomic E-state index is 0.543. The highest BCUT2D eigenvalue weighted by atomic mass is 127. The summed E-state index contributed by atoms with van der Waals surface area (Å²) >= 11 is 2.47. The van der Waals surface area contributed by atoms with E-state index in [0.29, 0.717) is 5.41 Å². The van der Waals surface area contributed by atoms with Gasteiger partial charge >= 0.3 is 0 Å². The molecule has 0 aromatic carbocycles. The minimum Gasteiger partial charge on any atom is -0.0864 e. The summed E-state index contributed by atoms with van der Waals surface area (Å²) in [5.41, 5.74) is 0.543. The molecule has 0 aromatic heterocycles.